The van der Waals surface area contributed by atoms with Gasteiger partial charge < -0.3 is 9.88 Å². The Balaban J connectivity index is 1.47. The number of rotatable bonds is 3. The van der Waals surface area contributed by atoms with Crippen molar-refractivity contribution in [2.45, 2.75) is 38.1 Å². The molecular formula is C19H21N3O. The number of nitrogens with zero attached hydrogens (tertiary/aromatic N) is 2. The Morgan fingerprint density at radius 2 is 2.17 bits per heavy atom. The van der Waals surface area contributed by atoms with E-state index in [2.05, 4.69) is 40.3 Å². The lowest BCUT2D eigenvalue weighted by molar-refractivity contribution is -0.141. The molecule has 23 heavy (non-hydrogen) atoms. The highest BCUT2D eigenvalue weighted by Crippen LogP contribution is 2.39. The van der Waals surface area contributed by atoms with Crippen LogP contribution < -0.4 is 0 Å². The molecule has 2 bridgehead atoms. The first-order valence-electron chi connectivity index (χ1n) is 8.50. The molecule has 4 rings (SSSR count). The predicted octanol–water partition coefficient (Wildman–Crippen LogP) is 3.25. The summed E-state index contributed by atoms with van der Waals surface area (Å²) in [6.45, 7) is 0.787. The molecule has 2 heterocycles. The summed E-state index contributed by atoms with van der Waals surface area (Å²) in [7, 11) is 0. The van der Waals surface area contributed by atoms with Gasteiger partial charge in [0.25, 0.3) is 0 Å². The minimum absolute atomic E-state index is 0.0889. The summed E-state index contributed by atoms with van der Waals surface area (Å²) >= 11 is 0. The number of H-pyrrole nitrogens is 1. The van der Waals surface area contributed by atoms with Crippen molar-refractivity contribution in [3.63, 3.8) is 0 Å². The molecular weight excluding hydrogens is 286 g/mol. The van der Waals surface area contributed by atoms with Crippen LogP contribution in [0, 0.1) is 23.2 Å². The first-order chi connectivity index (χ1) is 11.3. The Morgan fingerprint density at radius 1 is 1.30 bits per heavy atom. The van der Waals surface area contributed by atoms with Gasteiger partial charge >= 0.3 is 0 Å². The van der Waals surface area contributed by atoms with E-state index in [0.29, 0.717) is 12.5 Å². The number of amides is 1. The Morgan fingerprint density at radius 3 is 3.04 bits per heavy atom. The van der Waals surface area contributed by atoms with Gasteiger partial charge in [-0.1, -0.05) is 18.2 Å². The smallest absolute Gasteiger partial charge is 0.223 e. The van der Waals surface area contributed by atoms with Crippen molar-refractivity contribution < 1.29 is 4.79 Å². The summed E-state index contributed by atoms with van der Waals surface area (Å²) in [6.07, 6.45) is 6.45. The second kappa shape index (κ2) is 5.73. The third-order valence-corrected chi connectivity index (χ3v) is 5.62. The maximum atomic E-state index is 12.5. The molecule has 1 amide bonds. The van der Waals surface area contributed by atoms with Crippen molar-refractivity contribution in [2.75, 3.05) is 6.54 Å². The summed E-state index contributed by atoms with van der Waals surface area (Å²) in [5.41, 5.74) is 2.43. The number of fused-ring (bicyclic) bond motifs is 3. The lowest BCUT2D eigenvalue weighted by atomic mass is 9.72. The van der Waals surface area contributed by atoms with Gasteiger partial charge in [0.2, 0.25) is 5.91 Å². The number of nitriles is 1. The van der Waals surface area contributed by atoms with Gasteiger partial charge in [-0.15, -0.1) is 0 Å². The first-order valence-corrected chi connectivity index (χ1v) is 8.50. The summed E-state index contributed by atoms with van der Waals surface area (Å²) < 4.78 is 0. The van der Waals surface area contributed by atoms with E-state index in [-0.39, 0.29) is 17.7 Å². The Kier molecular flexibility index (Phi) is 3.57. The van der Waals surface area contributed by atoms with Crippen LogP contribution in [0.5, 0.6) is 0 Å². The van der Waals surface area contributed by atoms with Gasteiger partial charge in [0, 0.05) is 42.0 Å². The highest BCUT2D eigenvalue weighted by molar-refractivity contribution is 5.83. The molecule has 4 nitrogen and oxygen atoms in total. The Labute approximate surface area is 136 Å². The van der Waals surface area contributed by atoms with Crippen molar-refractivity contribution in [1.29, 1.82) is 5.26 Å². The van der Waals surface area contributed by atoms with Crippen molar-refractivity contribution in [1.82, 2.24) is 9.88 Å². The highest BCUT2D eigenvalue weighted by atomic mass is 16.2. The van der Waals surface area contributed by atoms with Crippen molar-refractivity contribution in [3.8, 4) is 6.07 Å². The summed E-state index contributed by atoms with van der Waals surface area (Å²) in [5.74, 6) is 0.618. The second-order valence-corrected chi connectivity index (χ2v) is 6.86. The highest BCUT2D eigenvalue weighted by Gasteiger charge is 2.40. The number of likely N-dealkylation sites (tertiary alicyclic amines) is 1. The third-order valence-electron chi connectivity index (χ3n) is 5.62. The van der Waals surface area contributed by atoms with Crippen LogP contribution in [0.15, 0.2) is 30.5 Å². The van der Waals surface area contributed by atoms with Crippen molar-refractivity contribution in [3.05, 3.63) is 36.0 Å². The fourth-order valence-corrected chi connectivity index (χ4v) is 4.35. The molecule has 1 N–H and O–H groups in total. The predicted molar refractivity (Wildman–Crippen MR) is 88.6 cm³/mol. The van der Waals surface area contributed by atoms with Crippen LogP contribution in [0.4, 0.5) is 0 Å². The molecule has 0 unspecified atom stereocenters. The van der Waals surface area contributed by atoms with Crippen molar-refractivity contribution >= 4 is 16.8 Å². The quantitative estimate of drug-likeness (QED) is 0.946. The number of hydrogen-bond donors (Lipinski definition) is 1. The van der Waals surface area contributed by atoms with Gasteiger partial charge in [0.05, 0.1) is 6.07 Å². The van der Waals surface area contributed by atoms with E-state index in [1.54, 1.807) is 0 Å². The van der Waals surface area contributed by atoms with Crippen LogP contribution in [0.3, 0.4) is 0 Å². The number of nitrogens with one attached hydrogen (secondary N) is 1. The number of aromatic nitrogens is 1. The molecule has 1 aromatic heterocycles. The Hall–Kier alpha value is -2.28. The fraction of sp³-hybridized carbons (Fsp3) is 0.474. The van der Waals surface area contributed by atoms with Gasteiger partial charge in [0.15, 0.2) is 0 Å². The Bertz CT molecular complexity index is 772. The third kappa shape index (κ3) is 2.50. The summed E-state index contributed by atoms with van der Waals surface area (Å²) in [5, 5.41) is 10.5. The van der Waals surface area contributed by atoms with Crippen LogP contribution in [0.2, 0.25) is 0 Å². The zero-order valence-electron chi connectivity index (χ0n) is 13.2. The van der Waals surface area contributed by atoms with E-state index in [1.807, 2.05) is 6.07 Å². The van der Waals surface area contributed by atoms with Gasteiger partial charge in [0.1, 0.15) is 0 Å². The molecule has 0 radical (unpaired) electrons. The van der Waals surface area contributed by atoms with Crippen LogP contribution in [0.1, 0.15) is 31.2 Å². The van der Waals surface area contributed by atoms with E-state index in [1.165, 1.54) is 10.9 Å². The van der Waals surface area contributed by atoms with Crippen LogP contribution in [-0.2, 0) is 11.2 Å². The van der Waals surface area contributed by atoms with Crippen molar-refractivity contribution in [2.24, 2.45) is 11.8 Å². The summed E-state index contributed by atoms with van der Waals surface area (Å²) in [4.78, 5) is 17.9. The zero-order chi connectivity index (χ0) is 15.8. The number of para-hydroxylation sites is 1. The van der Waals surface area contributed by atoms with Crippen LogP contribution in [0.25, 0.3) is 10.9 Å². The van der Waals surface area contributed by atoms with Gasteiger partial charge in [-0.2, -0.15) is 5.26 Å². The molecule has 1 saturated carbocycles. The number of carbonyl (C=O) groups excluding carboxylic acids is 1. The molecule has 1 aromatic carbocycles. The molecule has 3 atom stereocenters. The second-order valence-electron chi connectivity index (χ2n) is 6.86. The van der Waals surface area contributed by atoms with E-state index in [9.17, 15) is 10.1 Å². The van der Waals surface area contributed by atoms with E-state index >= 15 is 0 Å². The normalized spacial score (nSPS) is 27.2. The monoisotopic (exact) mass is 307 g/mol. The number of piperidine rings is 1. The first kappa shape index (κ1) is 14.3. The zero-order valence-corrected chi connectivity index (χ0v) is 13.2. The van der Waals surface area contributed by atoms with Crippen LogP contribution in [-0.4, -0.2) is 28.4 Å². The number of carbonyl (C=O) groups is 1. The largest absolute Gasteiger partial charge is 0.361 e. The minimum Gasteiger partial charge on any atom is -0.361 e. The molecule has 2 aromatic rings. The topological polar surface area (TPSA) is 59.9 Å². The maximum Gasteiger partial charge on any atom is 0.223 e. The average Bonchev–Trinajstić information content (AvgIpc) is 2.98. The van der Waals surface area contributed by atoms with E-state index in [0.717, 1.165) is 37.7 Å². The standard InChI is InChI=1S/C19H21N3O/c20-11-13-5-6-16-9-15(13)10-19(23)22(16)8-7-14-12-21-18-4-2-1-3-17(14)18/h1-4,12-13,15-16,21H,5-10H2/t13-,15-,16+/m0/s1. The molecule has 2 fully saturated rings. The molecule has 1 aliphatic heterocycles. The molecule has 1 saturated heterocycles. The fourth-order valence-electron chi connectivity index (χ4n) is 4.35. The molecule has 0 spiro atoms. The summed E-state index contributed by atoms with van der Waals surface area (Å²) in [6, 6.07) is 11.0. The number of benzene rings is 1. The van der Waals surface area contributed by atoms with E-state index in [4.69, 9.17) is 0 Å². The van der Waals surface area contributed by atoms with Gasteiger partial charge in [-0.25, -0.2) is 0 Å². The minimum atomic E-state index is 0.0889. The average molecular weight is 307 g/mol. The molecule has 4 heteroatoms. The number of hydrogen-bond acceptors (Lipinski definition) is 2. The lowest BCUT2D eigenvalue weighted by Gasteiger charge is -2.44. The number of aromatic amines is 1. The van der Waals surface area contributed by atoms with Crippen LogP contribution >= 0.6 is 0 Å². The molecule has 2 aliphatic rings. The molecule has 1 aliphatic carbocycles. The maximum absolute atomic E-state index is 12.5. The van der Waals surface area contributed by atoms with Gasteiger partial charge in [-0.05, 0) is 43.2 Å². The van der Waals surface area contributed by atoms with E-state index < -0.39 is 0 Å². The molecule has 118 valence electrons. The lowest BCUT2D eigenvalue weighted by Crippen LogP contribution is -2.51. The van der Waals surface area contributed by atoms with Gasteiger partial charge in [-0.3, -0.25) is 4.79 Å². The SMILES string of the molecule is N#C[C@@H]1CC[C@@H]2C[C@H]1CC(=O)N2CCc1c[nH]c2ccccc12.